The third kappa shape index (κ3) is 4.55. The van der Waals surface area contributed by atoms with Gasteiger partial charge in [0, 0.05) is 23.5 Å². The highest BCUT2D eigenvalue weighted by Gasteiger charge is 2.37. The van der Waals surface area contributed by atoms with Crippen molar-refractivity contribution in [3.63, 3.8) is 0 Å². The summed E-state index contributed by atoms with van der Waals surface area (Å²) in [7, 11) is 0. The van der Waals surface area contributed by atoms with Gasteiger partial charge in [-0.3, -0.25) is 4.79 Å². The second-order valence-corrected chi connectivity index (χ2v) is 8.56. The number of hydrogen-bond donors (Lipinski definition) is 1. The average molecular weight is 454 g/mol. The Kier molecular flexibility index (Phi) is 6.60. The van der Waals surface area contributed by atoms with Crippen LogP contribution < -0.4 is 5.32 Å². The molecular weight excluding hydrogens is 429 g/mol. The molecule has 6 nitrogen and oxygen atoms in total. The number of allylic oxidation sites excluding steroid dienone is 1. The Balaban J connectivity index is 1.68. The number of fused-ring (bicyclic) bond motifs is 1. The maximum Gasteiger partial charge on any atom is 0.338 e. The third-order valence-corrected chi connectivity index (χ3v) is 6.38. The van der Waals surface area contributed by atoms with Gasteiger partial charge in [-0.15, -0.1) is 0 Å². The number of nitrogens with one attached hydrogen (secondary N) is 1. The molecule has 1 N–H and O–H groups in total. The standard InChI is InChI=1S/C24H24FN3O3S/c1-3-31-23(30)20-15(2)26-24-28(11-6-12-32-24)21(20)16-7-5-10-19(14-16)27-22(29)17-8-4-9-18(25)13-17/h4-5,7-10,13-14,21H,3,6,11-12H2,1-2H3,(H,27,29)/t21-/m1/s1. The van der Waals surface area contributed by atoms with Crippen LogP contribution in [0.25, 0.3) is 0 Å². The molecule has 0 spiro atoms. The second kappa shape index (κ2) is 9.56. The molecule has 0 unspecified atom stereocenters. The van der Waals surface area contributed by atoms with E-state index >= 15 is 0 Å². The topological polar surface area (TPSA) is 71.0 Å². The van der Waals surface area contributed by atoms with Gasteiger partial charge in [0.05, 0.1) is 23.9 Å². The lowest BCUT2D eigenvalue weighted by molar-refractivity contribution is -0.139. The number of esters is 1. The Morgan fingerprint density at radius 3 is 2.84 bits per heavy atom. The van der Waals surface area contributed by atoms with Gasteiger partial charge in [0.15, 0.2) is 5.17 Å². The molecule has 0 radical (unpaired) electrons. The molecule has 1 fully saturated rings. The number of halogens is 1. The number of aliphatic imine (C=N–C) groups is 1. The van der Waals surface area contributed by atoms with E-state index in [1.165, 1.54) is 18.2 Å². The Morgan fingerprint density at radius 1 is 1.25 bits per heavy atom. The number of amidine groups is 1. The van der Waals surface area contributed by atoms with Crippen LogP contribution in [-0.4, -0.2) is 40.8 Å². The van der Waals surface area contributed by atoms with E-state index in [1.807, 2.05) is 25.1 Å². The van der Waals surface area contributed by atoms with Crippen LogP contribution in [0.1, 0.15) is 42.2 Å². The van der Waals surface area contributed by atoms with Crippen molar-refractivity contribution in [2.45, 2.75) is 26.3 Å². The highest BCUT2D eigenvalue weighted by molar-refractivity contribution is 8.13. The summed E-state index contributed by atoms with van der Waals surface area (Å²) in [5.41, 5.74) is 2.79. The summed E-state index contributed by atoms with van der Waals surface area (Å²) in [6.45, 7) is 4.65. The van der Waals surface area contributed by atoms with E-state index in [-0.39, 0.29) is 24.2 Å². The van der Waals surface area contributed by atoms with Gasteiger partial charge in [-0.25, -0.2) is 14.2 Å². The zero-order valence-electron chi connectivity index (χ0n) is 17.9. The van der Waals surface area contributed by atoms with E-state index in [2.05, 4.69) is 15.2 Å². The summed E-state index contributed by atoms with van der Waals surface area (Å²) >= 11 is 1.67. The van der Waals surface area contributed by atoms with Crippen molar-refractivity contribution in [3.8, 4) is 0 Å². The molecule has 2 aliphatic heterocycles. The lowest BCUT2D eigenvalue weighted by Gasteiger charge is -2.40. The van der Waals surface area contributed by atoms with Crippen LogP contribution in [0.5, 0.6) is 0 Å². The molecule has 166 valence electrons. The van der Waals surface area contributed by atoms with Crippen LogP contribution in [-0.2, 0) is 9.53 Å². The lowest BCUT2D eigenvalue weighted by Crippen LogP contribution is -2.42. The minimum Gasteiger partial charge on any atom is -0.463 e. The Hall–Kier alpha value is -3.13. The number of carbonyl (C=O) groups excluding carboxylic acids is 2. The van der Waals surface area contributed by atoms with Gasteiger partial charge in [0.1, 0.15) is 5.82 Å². The summed E-state index contributed by atoms with van der Waals surface area (Å²) in [6.07, 6.45) is 0.978. The van der Waals surface area contributed by atoms with Gasteiger partial charge >= 0.3 is 5.97 Å². The summed E-state index contributed by atoms with van der Waals surface area (Å²) in [6, 6.07) is 12.6. The molecule has 2 aromatic rings. The molecule has 1 atom stereocenters. The van der Waals surface area contributed by atoms with E-state index in [0.717, 1.165) is 29.4 Å². The molecule has 0 aliphatic carbocycles. The smallest absolute Gasteiger partial charge is 0.338 e. The highest BCUT2D eigenvalue weighted by Crippen LogP contribution is 2.40. The maximum absolute atomic E-state index is 13.5. The van der Waals surface area contributed by atoms with Gasteiger partial charge in [-0.2, -0.15) is 0 Å². The largest absolute Gasteiger partial charge is 0.463 e. The van der Waals surface area contributed by atoms with Gasteiger partial charge in [-0.05, 0) is 56.2 Å². The van der Waals surface area contributed by atoms with Crippen molar-refractivity contribution < 1.29 is 18.7 Å². The minimum absolute atomic E-state index is 0.234. The molecule has 2 aliphatic rings. The van der Waals surface area contributed by atoms with Crippen molar-refractivity contribution in [2.75, 3.05) is 24.2 Å². The van der Waals surface area contributed by atoms with E-state index < -0.39 is 11.7 Å². The molecule has 2 aromatic carbocycles. The Morgan fingerprint density at radius 2 is 2.06 bits per heavy atom. The lowest BCUT2D eigenvalue weighted by atomic mass is 9.94. The number of rotatable bonds is 5. The van der Waals surface area contributed by atoms with Gasteiger partial charge < -0.3 is 15.0 Å². The minimum atomic E-state index is -0.470. The molecule has 8 heteroatoms. The van der Waals surface area contributed by atoms with Crippen molar-refractivity contribution in [1.29, 1.82) is 0 Å². The molecule has 1 saturated heterocycles. The normalized spacial score (nSPS) is 18.0. The van der Waals surface area contributed by atoms with Crippen molar-refractivity contribution >= 4 is 34.5 Å². The molecule has 2 heterocycles. The quantitative estimate of drug-likeness (QED) is 0.661. The van der Waals surface area contributed by atoms with Gasteiger partial charge in [-0.1, -0.05) is 30.0 Å². The van der Waals surface area contributed by atoms with Crippen LogP contribution in [0.2, 0.25) is 0 Å². The zero-order chi connectivity index (χ0) is 22.7. The number of nitrogens with zero attached hydrogens (tertiary/aromatic N) is 2. The molecule has 0 aromatic heterocycles. The van der Waals surface area contributed by atoms with E-state index in [9.17, 15) is 14.0 Å². The summed E-state index contributed by atoms with van der Waals surface area (Å²) < 4.78 is 18.8. The molecular formula is C24H24FN3O3S. The maximum atomic E-state index is 13.5. The first kappa shape index (κ1) is 22.1. The van der Waals surface area contributed by atoms with E-state index in [1.54, 1.807) is 30.8 Å². The fourth-order valence-corrected chi connectivity index (χ4v) is 4.92. The number of anilines is 1. The average Bonchev–Trinajstić information content (AvgIpc) is 2.78. The number of amides is 1. The highest BCUT2D eigenvalue weighted by atomic mass is 32.2. The van der Waals surface area contributed by atoms with Crippen LogP contribution in [0.3, 0.4) is 0 Å². The fourth-order valence-electron chi connectivity index (χ4n) is 3.90. The van der Waals surface area contributed by atoms with Crippen molar-refractivity contribution in [2.24, 2.45) is 4.99 Å². The SMILES string of the molecule is CCOC(=O)C1=C(C)N=C2SCCCN2[C@@H]1c1cccc(NC(=O)c2cccc(F)c2)c1. The van der Waals surface area contributed by atoms with Gasteiger partial charge in [0.25, 0.3) is 5.91 Å². The second-order valence-electron chi connectivity index (χ2n) is 7.50. The van der Waals surface area contributed by atoms with Crippen molar-refractivity contribution in [3.05, 3.63) is 76.7 Å². The van der Waals surface area contributed by atoms with Crippen LogP contribution >= 0.6 is 11.8 Å². The first-order valence-electron chi connectivity index (χ1n) is 10.5. The summed E-state index contributed by atoms with van der Waals surface area (Å²) in [4.78, 5) is 32.2. The number of carbonyl (C=O) groups is 2. The van der Waals surface area contributed by atoms with Crippen LogP contribution in [0.4, 0.5) is 10.1 Å². The van der Waals surface area contributed by atoms with Gasteiger partial charge in [0.2, 0.25) is 0 Å². The monoisotopic (exact) mass is 453 g/mol. The molecule has 0 bridgehead atoms. The summed E-state index contributed by atoms with van der Waals surface area (Å²) in [5.74, 6) is -0.280. The predicted octanol–water partition coefficient (Wildman–Crippen LogP) is 4.76. The first-order chi connectivity index (χ1) is 15.5. The number of hydrogen-bond acceptors (Lipinski definition) is 6. The van der Waals surface area contributed by atoms with E-state index in [0.29, 0.717) is 17.0 Å². The van der Waals surface area contributed by atoms with Crippen LogP contribution in [0, 0.1) is 5.82 Å². The third-order valence-electron chi connectivity index (χ3n) is 5.30. The zero-order valence-corrected chi connectivity index (χ0v) is 18.7. The molecule has 32 heavy (non-hydrogen) atoms. The number of thioether (sulfide) groups is 1. The van der Waals surface area contributed by atoms with E-state index in [4.69, 9.17) is 4.74 Å². The molecule has 1 amide bonds. The van der Waals surface area contributed by atoms with Crippen molar-refractivity contribution in [1.82, 2.24) is 4.90 Å². The number of benzene rings is 2. The Labute approximate surface area is 190 Å². The fraction of sp³-hybridized carbons (Fsp3) is 0.292. The predicted molar refractivity (Wildman–Crippen MR) is 124 cm³/mol. The Bertz CT molecular complexity index is 1120. The summed E-state index contributed by atoms with van der Waals surface area (Å²) in [5, 5.41) is 3.72. The molecule has 4 rings (SSSR count). The first-order valence-corrected chi connectivity index (χ1v) is 11.5. The number of ether oxygens (including phenoxy) is 1. The van der Waals surface area contributed by atoms with Crippen LogP contribution in [0.15, 0.2) is 64.8 Å². The molecule has 0 saturated carbocycles.